The van der Waals surface area contributed by atoms with Crippen molar-refractivity contribution in [1.82, 2.24) is 15.6 Å². The molecule has 0 amide bonds. The highest BCUT2D eigenvalue weighted by molar-refractivity contribution is 7.09. The van der Waals surface area contributed by atoms with Crippen LogP contribution in [0.25, 0.3) is 5.70 Å². The number of nitrogens with one attached hydrogen (secondary N) is 3. The number of thiazole rings is 1. The summed E-state index contributed by atoms with van der Waals surface area (Å²) in [5.41, 5.74) is 10.1. The molecule has 0 saturated carbocycles. The molecule has 10 heteroatoms. The quantitative estimate of drug-likeness (QED) is 0.389. The minimum absolute atomic E-state index is 0.0153. The Labute approximate surface area is 214 Å². The van der Waals surface area contributed by atoms with Crippen molar-refractivity contribution in [3.8, 4) is 0 Å². The lowest BCUT2D eigenvalue weighted by atomic mass is 9.92. The molecule has 2 saturated heterocycles. The van der Waals surface area contributed by atoms with Gasteiger partial charge in [-0.25, -0.2) is 4.98 Å². The van der Waals surface area contributed by atoms with Crippen molar-refractivity contribution >= 4 is 40.0 Å². The van der Waals surface area contributed by atoms with Gasteiger partial charge in [0.15, 0.2) is 6.35 Å². The fourth-order valence-corrected chi connectivity index (χ4v) is 5.22. The van der Waals surface area contributed by atoms with Gasteiger partial charge in [-0.05, 0) is 43.5 Å². The van der Waals surface area contributed by atoms with E-state index in [1.807, 2.05) is 35.7 Å². The maximum atomic E-state index is 6.51. The summed E-state index contributed by atoms with van der Waals surface area (Å²) in [5.74, 6) is 0. The van der Waals surface area contributed by atoms with E-state index >= 15 is 0 Å². The number of anilines is 2. The molecule has 186 valence electrons. The van der Waals surface area contributed by atoms with Crippen LogP contribution in [0.5, 0.6) is 0 Å². The number of hydrogen-bond acceptors (Lipinski definition) is 9. The molecule has 1 spiro atoms. The van der Waals surface area contributed by atoms with E-state index in [1.54, 1.807) is 17.5 Å². The van der Waals surface area contributed by atoms with E-state index in [-0.39, 0.29) is 18.0 Å². The smallest absolute Gasteiger partial charge is 0.184 e. The maximum Gasteiger partial charge on any atom is 0.184 e. The first-order valence-electron chi connectivity index (χ1n) is 11.7. The van der Waals surface area contributed by atoms with Gasteiger partial charge in [0, 0.05) is 58.2 Å². The molecule has 35 heavy (non-hydrogen) atoms. The number of benzene rings is 1. The Kier molecular flexibility index (Phi) is 7.43. The monoisotopic (exact) mass is 515 g/mol. The standard InChI is InChI=1S/C25H30ClN5O3S/c1-16(29-18-3-5-22(20(26)13-18)33-14-23-28-8-11-35-23)19-12-17(2-4-21(19)27)30-24-31-25(15-34-24)6-9-32-10-7-25/h2-4,8,11-13,22,24,29-31H,1,5-7,9-10,14-15,27H2. The van der Waals surface area contributed by atoms with Crippen molar-refractivity contribution in [2.45, 2.75) is 43.9 Å². The molecule has 8 nitrogen and oxygen atoms in total. The Bertz CT molecular complexity index is 1110. The number of halogens is 1. The van der Waals surface area contributed by atoms with Crippen LogP contribution >= 0.6 is 22.9 Å². The molecule has 2 atom stereocenters. The van der Waals surface area contributed by atoms with Gasteiger partial charge in [0.05, 0.1) is 24.9 Å². The molecule has 3 heterocycles. The third-order valence-corrected chi connectivity index (χ3v) is 7.53. The maximum absolute atomic E-state index is 6.51. The van der Waals surface area contributed by atoms with Gasteiger partial charge in [-0.2, -0.15) is 0 Å². The van der Waals surface area contributed by atoms with Gasteiger partial charge in [0.1, 0.15) is 5.01 Å². The average Bonchev–Trinajstić information content (AvgIpc) is 3.50. The SMILES string of the molecule is C=C(NC1=CCC(OCc2nccs2)C(Cl)=C1)c1cc(NC2NC3(CCOCC3)CO2)ccc1N. The molecule has 1 aromatic heterocycles. The summed E-state index contributed by atoms with van der Waals surface area (Å²) in [6.45, 7) is 6.83. The van der Waals surface area contributed by atoms with Crippen molar-refractivity contribution in [2.75, 3.05) is 30.9 Å². The van der Waals surface area contributed by atoms with Crippen LogP contribution in [0.15, 0.2) is 59.2 Å². The predicted octanol–water partition coefficient (Wildman–Crippen LogP) is 4.15. The summed E-state index contributed by atoms with van der Waals surface area (Å²) in [7, 11) is 0. The van der Waals surface area contributed by atoms with Crippen LogP contribution in [0.1, 0.15) is 29.8 Å². The summed E-state index contributed by atoms with van der Waals surface area (Å²) in [4.78, 5) is 4.24. The second-order valence-electron chi connectivity index (χ2n) is 8.93. The summed E-state index contributed by atoms with van der Waals surface area (Å²) < 4.78 is 17.4. The molecule has 5 rings (SSSR count). The summed E-state index contributed by atoms with van der Waals surface area (Å²) in [6, 6.07) is 5.77. The first-order chi connectivity index (χ1) is 17.0. The lowest BCUT2D eigenvalue weighted by Crippen LogP contribution is -2.50. The zero-order chi connectivity index (χ0) is 24.3. The Balaban J connectivity index is 1.18. The van der Waals surface area contributed by atoms with Crippen LogP contribution in [0.3, 0.4) is 0 Å². The highest BCUT2D eigenvalue weighted by Gasteiger charge is 2.40. The minimum atomic E-state index is -0.269. The lowest BCUT2D eigenvalue weighted by Gasteiger charge is -2.32. The van der Waals surface area contributed by atoms with E-state index in [1.165, 1.54) is 0 Å². The fraction of sp³-hybridized carbons (Fsp3) is 0.400. The van der Waals surface area contributed by atoms with Crippen LogP contribution in [-0.2, 0) is 20.8 Å². The normalized spacial score (nSPS) is 23.6. The third-order valence-electron chi connectivity index (χ3n) is 6.43. The van der Waals surface area contributed by atoms with E-state index in [9.17, 15) is 0 Å². The average molecular weight is 516 g/mol. The van der Waals surface area contributed by atoms with Crippen molar-refractivity contribution in [3.63, 3.8) is 0 Å². The first-order valence-corrected chi connectivity index (χ1v) is 12.9. The molecule has 2 aromatic rings. The van der Waals surface area contributed by atoms with Crippen LogP contribution in [0, 0.1) is 0 Å². The number of ether oxygens (including phenoxy) is 3. The minimum Gasteiger partial charge on any atom is -0.398 e. The van der Waals surface area contributed by atoms with Gasteiger partial charge in [0.2, 0.25) is 0 Å². The number of aromatic nitrogens is 1. The van der Waals surface area contributed by atoms with Crippen molar-refractivity contribution in [1.29, 1.82) is 0 Å². The highest BCUT2D eigenvalue weighted by atomic mass is 35.5. The van der Waals surface area contributed by atoms with Crippen molar-refractivity contribution in [3.05, 3.63) is 69.8 Å². The number of nitrogen functional groups attached to an aromatic ring is 1. The summed E-state index contributed by atoms with van der Waals surface area (Å²) >= 11 is 8.07. The van der Waals surface area contributed by atoms with Gasteiger partial charge in [-0.15, -0.1) is 11.3 Å². The predicted molar refractivity (Wildman–Crippen MR) is 140 cm³/mol. The topological polar surface area (TPSA) is 103 Å². The Hall–Kier alpha value is -2.40. The van der Waals surface area contributed by atoms with E-state index in [4.69, 9.17) is 31.5 Å². The van der Waals surface area contributed by atoms with Gasteiger partial charge in [-0.1, -0.05) is 24.3 Å². The lowest BCUT2D eigenvalue weighted by molar-refractivity contribution is 0.0396. The summed E-state index contributed by atoms with van der Waals surface area (Å²) in [6.07, 6.45) is 7.78. The number of rotatable bonds is 8. The fourth-order valence-electron chi connectivity index (χ4n) is 4.41. The van der Waals surface area contributed by atoms with E-state index < -0.39 is 0 Å². The molecule has 2 aliphatic heterocycles. The molecule has 1 aliphatic carbocycles. The number of allylic oxidation sites excluding steroid dienone is 1. The van der Waals surface area contributed by atoms with Gasteiger partial charge < -0.3 is 30.6 Å². The number of nitrogens with two attached hydrogens (primary N) is 1. The first kappa shape index (κ1) is 24.3. The van der Waals surface area contributed by atoms with Crippen molar-refractivity contribution < 1.29 is 14.2 Å². The third kappa shape index (κ3) is 5.88. The second-order valence-corrected chi connectivity index (χ2v) is 10.3. The number of nitrogens with zero attached hydrogens (tertiary/aromatic N) is 1. The molecule has 3 aliphatic rings. The highest BCUT2D eigenvalue weighted by Crippen LogP contribution is 2.30. The Morgan fingerprint density at radius 2 is 2.23 bits per heavy atom. The molecule has 5 N–H and O–H groups in total. The van der Waals surface area contributed by atoms with E-state index in [0.29, 0.717) is 36.1 Å². The zero-order valence-electron chi connectivity index (χ0n) is 19.4. The Morgan fingerprint density at radius 3 is 3.00 bits per heavy atom. The molecule has 0 radical (unpaired) electrons. The second kappa shape index (κ2) is 10.7. The van der Waals surface area contributed by atoms with Gasteiger partial charge >= 0.3 is 0 Å². The number of hydrogen-bond donors (Lipinski definition) is 4. The van der Waals surface area contributed by atoms with Crippen molar-refractivity contribution in [2.24, 2.45) is 0 Å². The largest absolute Gasteiger partial charge is 0.398 e. The van der Waals surface area contributed by atoms with E-state index in [2.05, 4.69) is 27.5 Å². The van der Waals surface area contributed by atoms with Crippen LogP contribution < -0.4 is 21.7 Å². The van der Waals surface area contributed by atoms with Crippen LogP contribution in [0.2, 0.25) is 0 Å². The molecule has 2 fully saturated rings. The Morgan fingerprint density at radius 1 is 1.37 bits per heavy atom. The van der Waals surface area contributed by atoms with Gasteiger partial charge in [-0.3, -0.25) is 5.32 Å². The van der Waals surface area contributed by atoms with Gasteiger partial charge in [0.25, 0.3) is 0 Å². The molecule has 0 bridgehead atoms. The van der Waals surface area contributed by atoms with Crippen LogP contribution in [-0.4, -0.2) is 42.8 Å². The molecular formula is C25H30ClN5O3S. The zero-order valence-corrected chi connectivity index (χ0v) is 21.0. The van der Waals surface area contributed by atoms with E-state index in [0.717, 1.165) is 48.0 Å². The molecular weight excluding hydrogens is 486 g/mol. The molecule has 2 unspecified atom stereocenters. The summed E-state index contributed by atoms with van der Waals surface area (Å²) in [5, 5.41) is 13.8. The van der Waals surface area contributed by atoms with Crippen LogP contribution in [0.4, 0.5) is 11.4 Å². The molecule has 1 aromatic carbocycles.